The van der Waals surface area contributed by atoms with Crippen LogP contribution in [0.2, 0.25) is 5.02 Å². The molecule has 0 unspecified atom stereocenters. The quantitative estimate of drug-likeness (QED) is 0.805. The van der Waals surface area contributed by atoms with Gasteiger partial charge in [0.2, 0.25) is 0 Å². The molecule has 0 spiro atoms. The van der Waals surface area contributed by atoms with Gasteiger partial charge in [-0.1, -0.05) is 11.6 Å². The first kappa shape index (κ1) is 12.8. The van der Waals surface area contributed by atoms with Crippen molar-refractivity contribution in [1.29, 1.82) is 0 Å². The van der Waals surface area contributed by atoms with E-state index in [2.05, 4.69) is 5.10 Å². The van der Waals surface area contributed by atoms with Gasteiger partial charge >= 0.3 is 0 Å². The number of benzene rings is 1. The summed E-state index contributed by atoms with van der Waals surface area (Å²) < 4.78 is 24.0. The van der Waals surface area contributed by atoms with Crippen LogP contribution in [-0.4, -0.2) is 30.7 Å². The zero-order valence-corrected chi connectivity index (χ0v) is 10.9. The van der Waals surface area contributed by atoms with E-state index in [-0.39, 0.29) is 4.90 Å². The number of rotatable bonds is 3. The van der Waals surface area contributed by atoms with Crippen molar-refractivity contribution in [2.45, 2.75) is 4.90 Å². The summed E-state index contributed by atoms with van der Waals surface area (Å²) >= 11 is 5.78. The maximum atomic E-state index is 11.3. The van der Waals surface area contributed by atoms with Crippen molar-refractivity contribution in [3.63, 3.8) is 0 Å². The maximum Gasteiger partial charge on any atom is 0.178 e. The molecule has 1 aromatic carbocycles. The summed E-state index contributed by atoms with van der Waals surface area (Å²) in [5.74, 6) is 0. The molecular formula is C11H9ClN2O3S. The topological polar surface area (TPSA) is 69.0 Å². The summed E-state index contributed by atoms with van der Waals surface area (Å²) in [6.07, 6.45) is 4.32. The smallest absolute Gasteiger partial charge is 0.178 e. The summed E-state index contributed by atoms with van der Waals surface area (Å²) in [4.78, 5) is 11.0. The fourth-order valence-corrected chi connectivity index (χ4v) is 2.17. The molecule has 0 radical (unpaired) electrons. The number of nitrogens with zero attached hydrogens (tertiary/aromatic N) is 2. The Morgan fingerprint density at radius 1 is 1.39 bits per heavy atom. The highest BCUT2D eigenvalue weighted by Gasteiger charge is 2.12. The standard InChI is InChI=1S/C11H9ClN2O3S/c1-18(16,17)10-5-13-14(6-10)11-3-2-9(12)4-8(11)7-15/h2-7H,1H3. The van der Waals surface area contributed by atoms with Gasteiger partial charge < -0.3 is 0 Å². The van der Waals surface area contributed by atoms with Gasteiger partial charge in [-0.3, -0.25) is 4.79 Å². The largest absolute Gasteiger partial charge is 0.298 e. The van der Waals surface area contributed by atoms with Crippen LogP contribution < -0.4 is 0 Å². The molecule has 18 heavy (non-hydrogen) atoms. The van der Waals surface area contributed by atoms with Crippen LogP contribution in [0.25, 0.3) is 5.69 Å². The highest BCUT2D eigenvalue weighted by Crippen LogP contribution is 2.19. The Balaban J connectivity index is 2.56. The summed E-state index contributed by atoms with van der Waals surface area (Å²) in [6, 6.07) is 4.70. The molecule has 0 bridgehead atoms. The van der Waals surface area contributed by atoms with Crippen LogP contribution in [0.4, 0.5) is 0 Å². The minimum Gasteiger partial charge on any atom is -0.298 e. The SMILES string of the molecule is CS(=O)(=O)c1cnn(-c2ccc(Cl)cc2C=O)c1. The van der Waals surface area contributed by atoms with E-state index in [0.29, 0.717) is 22.6 Å². The van der Waals surface area contributed by atoms with E-state index in [1.165, 1.54) is 23.1 Å². The predicted octanol–water partition coefficient (Wildman–Crippen LogP) is 1.74. The molecule has 0 atom stereocenters. The van der Waals surface area contributed by atoms with Crippen molar-refractivity contribution in [2.75, 3.05) is 6.26 Å². The van der Waals surface area contributed by atoms with Crippen LogP contribution in [0.5, 0.6) is 0 Å². The molecule has 7 heteroatoms. The molecule has 0 aliphatic carbocycles. The van der Waals surface area contributed by atoms with Crippen molar-refractivity contribution in [3.8, 4) is 5.69 Å². The average molecular weight is 285 g/mol. The summed E-state index contributed by atoms with van der Waals surface area (Å²) in [6.45, 7) is 0. The van der Waals surface area contributed by atoms with Crippen LogP contribution >= 0.6 is 11.6 Å². The van der Waals surface area contributed by atoms with Crippen LogP contribution in [0.1, 0.15) is 10.4 Å². The Kier molecular flexibility index (Phi) is 3.23. The Morgan fingerprint density at radius 3 is 2.67 bits per heavy atom. The second-order valence-corrected chi connectivity index (χ2v) is 6.17. The molecule has 2 rings (SSSR count). The third-order valence-corrected chi connectivity index (χ3v) is 3.65. The molecule has 94 valence electrons. The van der Waals surface area contributed by atoms with Gasteiger partial charge in [-0.25, -0.2) is 13.1 Å². The Morgan fingerprint density at radius 2 is 2.11 bits per heavy atom. The van der Waals surface area contributed by atoms with Crippen molar-refractivity contribution in [1.82, 2.24) is 9.78 Å². The number of aldehydes is 1. The second-order valence-electron chi connectivity index (χ2n) is 3.71. The van der Waals surface area contributed by atoms with E-state index in [1.54, 1.807) is 12.1 Å². The van der Waals surface area contributed by atoms with E-state index in [9.17, 15) is 13.2 Å². The van der Waals surface area contributed by atoms with Crippen molar-refractivity contribution < 1.29 is 13.2 Å². The van der Waals surface area contributed by atoms with Crippen molar-refractivity contribution in [2.24, 2.45) is 0 Å². The van der Waals surface area contributed by atoms with E-state index in [1.807, 2.05) is 0 Å². The van der Waals surface area contributed by atoms with Gasteiger partial charge in [0.15, 0.2) is 16.1 Å². The van der Waals surface area contributed by atoms with Crippen LogP contribution in [0, 0.1) is 0 Å². The van der Waals surface area contributed by atoms with Crippen LogP contribution in [0.15, 0.2) is 35.5 Å². The molecule has 0 amide bonds. The monoisotopic (exact) mass is 284 g/mol. The number of hydrogen-bond donors (Lipinski definition) is 0. The molecule has 2 aromatic rings. The van der Waals surface area contributed by atoms with Gasteiger partial charge in [-0.2, -0.15) is 5.10 Å². The summed E-state index contributed by atoms with van der Waals surface area (Å²) in [7, 11) is -3.32. The lowest BCUT2D eigenvalue weighted by Crippen LogP contribution is -2.00. The van der Waals surface area contributed by atoms with E-state index in [4.69, 9.17) is 11.6 Å². The third-order valence-electron chi connectivity index (χ3n) is 2.35. The number of carbonyl (C=O) groups is 1. The zero-order valence-electron chi connectivity index (χ0n) is 9.37. The Bertz CT molecular complexity index is 707. The lowest BCUT2D eigenvalue weighted by atomic mass is 10.2. The second kappa shape index (κ2) is 4.55. The minimum absolute atomic E-state index is 0.0919. The highest BCUT2D eigenvalue weighted by molar-refractivity contribution is 7.90. The van der Waals surface area contributed by atoms with E-state index >= 15 is 0 Å². The number of sulfone groups is 1. The number of carbonyl (C=O) groups excluding carboxylic acids is 1. The molecule has 1 heterocycles. The first-order valence-electron chi connectivity index (χ1n) is 4.91. The first-order chi connectivity index (χ1) is 8.41. The average Bonchev–Trinajstić information content (AvgIpc) is 2.77. The van der Waals surface area contributed by atoms with Crippen LogP contribution in [0.3, 0.4) is 0 Å². The molecule has 1 aromatic heterocycles. The normalized spacial score (nSPS) is 11.4. The molecule has 0 fully saturated rings. The lowest BCUT2D eigenvalue weighted by molar-refractivity contribution is 0.112. The highest BCUT2D eigenvalue weighted by atomic mass is 35.5. The molecule has 0 aliphatic rings. The summed E-state index contributed by atoms with van der Waals surface area (Å²) in [5, 5.41) is 4.35. The van der Waals surface area contributed by atoms with Crippen molar-refractivity contribution in [3.05, 3.63) is 41.2 Å². The lowest BCUT2D eigenvalue weighted by Gasteiger charge is -2.04. The zero-order chi connectivity index (χ0) is 13.3. The van der Waals surface area contributed by atoms with E-state index in [0.717, 1.165) is 6.26 Å². The molecule has 0 saturated carbocycles. The third kappa shape index (κ3) is 2.44. The molecule has 5 nitrogen and oxygen atoms in total. The maximum absolute atomic E-state index is 11.3. The van der Waals surface area contributed by atoms with E-state index < -0.39 is 9.84 Å². The Labute approximate surface area is 109 Å². The molecule has 0 N–H and O–H groups in total. The number of aromatic nitrogens is 2. The molecular weight excluding hydrogens is 276 g/mol. The fraction of sp³-hybridized carbons (Fsp3) is 0.0909. The predicted molar refractivity (Wildman–Crippen MR) is 67.1 cm³/mol. The van der Waals surface area contributed by atoms with Crippen molar-refractivity contribution >= 4 is 27.7 Å². The van der Waals surface area contributed by atoms with Gasteiger partial charge in [0, 0.05) is 23.0 Å². The van der Waals surface area contributed by atoms with Gasteiger partial charge in [-0.15, -0.1) is 0 Å². The number of halogens is 1. The summed E-state index contributed by atoms with van der Waals surface area (Å²) in [5.41, 5.74) is 0.815. The first-order valence-corrected chi connectivity index (χ1v) is 7.18. The Hall–Kier alpha value is -1.66. The fourth-order valence-electron chi connectivity index (χ4n) is 1.46. The minimum atomic E-state index is -3.32. The number of hydrogen-bond acceptors (Lipinski definition) is 4. The molecule has 0 aliphatic heterocycles. The van der Waals surface area contributed by atoms with Gasteiger partial charge in [-0.05, 0) is 18.2 Å². The van der Waals surface area contributed by atoms with Gasteiger partial charge in [0.25, 0.3) is 0 Å². The van der Waals surface area contributed by atoms with Gasteiger partial charge in [0.1, 0.15) is 4.90 Å². The van der Waals surface area contributed by atoms with Gasteiger partial charge in [0.05, 0.1) is 11.9 Å². The molecule has 0 saturated heterocycles. The van der Waals surface area contributed by atoms with Crippen LogP contribution in [-0.2, 0) is 9.84 Å².